The summed E-state index contributed by atoms with van der Waals surface area (Å²) in [5.41, 5.74) is 0. The number of carbonyl (C=O) groups excluding carboxylic acids is 2. The molecule has 0 spiro atoms. The van der Waals surface area contributed by atoms with E-state index in [1.165, 1.54) is 44.9 Å². The van der Waals surface area contributed by atoms with Crippen molar-refractivity contribution in [1.82, 2.24) is 0 Å². The molecule has 0 bridgehead atoms. The molecule has 0 aromatic rings. The van der Waals surface area contributed by atoms with Gasteiger partial charge in [0.25, 0.3) is 0 Å². The molecule has 0 radical (unpaired) electrons. The summed E-state index contributed by atoms with van der Waals surface area (Å²) in [6.45, 7) is 4.13. The second-order valence-corrected chi connectivity index (χ2v) is 9.91. The van der Waals surface area contributed by atoms with E-state index in [-0.39, 0.29) is 25.2 Å². The third-order valence-electron chi connectivity index (χ3n) is 6.42. The molecule has 0 aromatic carbocycles. The fourth-order valence-corrected chi connectivity index (χ4v) is 4.09. The van der Waals surface area contributed by atoms with E-state index >= 15 is 0 Å². The number of unbranched alkanes of at least 4 members (excludes halogenated alkanes) is 11. The van der Waals surface area contributed by atoms with Crippen molar-refractivity contribution in [2.45, 2.75) is 148 Å². The van der Waals surface area contributed by atoms with Crippen molar-refractivity contribution in [3.8, 4) is 0 Å². The maximum atomic E-state index is 11.8. The Hall–Kier alpha value is -1.40. The highest BCUT2D eigenvalue weighted by Crippen LogP contribution is 2.30. The van der Waals surface area contributed by atoms with Crippen LogP contribution in [0.15, 0.2) is 12.2 Å². The molecule has 0 amide bonds. The van der Waals surface area contributed by atoms with Crippen LogP contribution < -0.4 is 0 Å². The van der Waals surface area contributed by atoms with E-state index in [1.54, 1.807) is 0 Å². The third-order valence-corrected chi connectivity index (χ3v) is 6.42. The molecule has 35 heavy (non-hydrogen) atoms. The van der Waals surface area contributed by atoms with Gasteiger partial charge in [0.2, 0.25) is 0 Å². The van der Waals surface area contributed by atoms with Gasteiger partial charge in [-0.25, -0.2) is 0 Å². The average Bonchev–Trinajstić information content (AvgIpc) is 3.60. The molecule has 1 fully saturated rings. The second kappa shape index (κ2) is 21.8. The van der Waals surface area contributed by atoms with Crippen LogP contribution in [0.25, 0.3) is 0 Å². The molecule has 1 saturated heterocycles. The lowest BCUT2D eigenvalue weighted by Gasteiger charge is -2.12. The van der Waals surface area contributed by atoms with Crippen LogP contribution in [0.3, 0.4) is 0 Å². The predicted octanol–water partition coefficient (Wildman–Crippen LogP) is 6.82. The predicted molar refractivity (Wildman–Crippen MR) is 140 cm³/mol. The maximum Gasteiger partial charge on any atom is 0.305 e. The zero-order valence-corrected chi connectivity index (χ0v) is 22.5. The summed E-state index contributed by atoms with van der Waals surface area (Å²) in [6, 6.07) is 0. The van der Waals surface area contributed by atoms with Crippen molar-refractivity contribution < 1.29 is 28.9 Å². The quantitative estimate of drug-likeness (QED) is 0.0683. The lowest BCUT2D eigenvalue weighted by atomic mass is 10.1. The van der Waals surface area contributed by atoms with Crippen molar-refractivity contribution in [3.63, 3.8) is 0 Å². The number of aliphatic hydroxyl groups is 1. The third kappa shape index (κ3) is 19.5. The molecule has 1 N–H and O–H groups in total. The molecule has 3 atom stereocenters. The summed E-state index contributed by atoms with van der Waals surface area (Å²) in [7, 11) is 0. The van der Waals surface area contributed by atoms with Gasteiger partial charge in [0.05, 0.1) is 12.2 Å². The summed E-state index contributed by atoms with van der Waals surface area (Å²) < 4.78 is 15.9. The van der Waals surface area contributed by atoms with Crippen molar-refractivity contribution >= 4 is 11.9 Å². The maximum absolute atomic E-state index is 11.8. The number of esters is 2. The van der Waals surface area contributed by atoms with E-state index in [1.807, 2.05) is 0 Å². The molecule has 204 valence electrons. The summed E-state index contributed by atoms with van der Waals surface area (Å²) >= 11 is 0. The van der Waals surface area contributed by atoms with Crippen LogP contribution in [0.2, 0.25) is 0 Å². The van der Waals surface area contributed by atoms with E-state index in [0.29, 0.717) is 25.0 Å². The van der Waals surface area contributed by atoms with E-state index in [0.717, 1.165) is 57.8 Å². The number of allylic oxidation sites excluding steroid dienone is 1. The van der Waals surface area contributed by atoms with Crippen molar-refractivity contribution in [2.75, 3.05) is 13.2 Å². The lowest BCUT2D eigenvalue weighted by molar-refractivity contribution is -0.152. The summed E-state index contributed by atoms with van der Waals surface area (Å²) in [6.07, 6.45) is 23.1. The molecule has 1 aliphatic heterocycles. The van der Waals surface area contributed by atoms with Gasteiger partial charge in [-0.15, -0.1) is 0 Å². The topological polar surface area (TPSA) is 85.4 Å². The number of carbonyl (C=O) groups is 2. The second-order valence-electron chi connectivity index (χ2n) is 9.91. The van der Waals surface area contributed by atoms with Crippen LogP contribution in [-0.2, 0) is 23.8 Å². The van der Waals surface area contributed by atoms with Crippen molar-refractivity contribution in [2.24, 2.45) is 0 Å². The molecule has 1 rings (SSSR count). The van der Waals surface area contributed by atoms with Crippen molar-refractivity contribution in [1.29, 1.82) is 0 Å². The van der Waals surface area contributed by atoms with Crippen LogP contribution >= 0.6 is 0 Å². The van der Waals surface area contributed by atoms with Crippen molar-refractivity contribution in [3.05, 3.63) is 12.2 Å². The number of ether oxygens (including phenoxy) is 3. The number of hydrogen-bond acceptors (Lipinski definition) is 6. The number of epoxide rings is 1. The fourth-order valence-electron chi connectivity index (χ4n) is 4.09. The molecule has 2 unspecified atom stereocenters. The molecular weight excluding hydrogens is 444 g/mol. The van der Waals surface area contributed by atoms with Gasteiger partial charge in [-0.05, 0) is 38.5 Å². The van der Waals surface area contributed by atoms with Gasteiger partial charge >= 0.3 is 11.9 Å². The van der Waals surface area contributed by atoms with E-state index in [2.05, 4.69) is 26.0 Å². The molecule has 0 aliphatic carbocycles. The molecule has 0 aromatic heterocycles. The minimum Gasteiger partial charge on any atom is -0.463 e. The monoisotopic (exact) mass is 496 g/mol. The largest absolute Gasteiger partial charge is 0.463 e. The molecule has 1 aliphatic rings. The highest BCUT2D eigenvalue weighted by atomic mass is 16.6. The summed E-state index contributed by atoms with van der Waals surface area (Å²) in [4.78, 5) is 23.5. The minimum absolute atomic E-state index is 0.123. The van der Waals surface area contributed by atoms with Crippen LogP contribution in [-0.4, -0.2) is 48.6 Å². The van der Waals surface area contributed by atoms with Crippen LogP contribution in [0.1, 0.15) is 129 Å². The summed E-state index contributed by atoms with van der Waals surface area (Å²) in [5, 5.41) is 9.85. The zero-order chi connectivity index (χ0) is 25.6. The van der Waals surface area contributed by atoms with Gasteiger partial charge in [-0.2, -0.15) is 0 Å². The Morgan fingerprint density at radius 2 is 1.29 bits per heavy atom. The number of aliphatic hydroxyl groups excluding tert-OH is 1. The molecule has 6 heteroatoms. The number of rotatable bonds is 24. The van der Waals surface area contributed by atoms with E-state index in [9.17, 15) is 14.7 Å². The normalized spacial score (nSPS) is 18.0. The van der Waals surface area contributed by atoms with E-state index < -0.39 is 6.10 Å². The van der Waals surface area contributed by atoms with E-state index in [4.69, 9.17) is 14.2 Å². The molecule has 1 heterocycles. The smallest absolute Gasteiger partial charge is 0.305 e. The van der Waals surface area contributed by atoms with Gasteiger partial charge in [0.15, 0.2) is 0 Å². The minimum atomic E-state index is -0.965. The Labute approximate surface area is 214 Å². The zero-order valence-electron chi connectivity index (χ0n) is 22.5. The Balaban J connectivity index is 1.87. The Morgan fingerprint density at radius 1 is 0.743 bits per heavy atom. The first-order valence-corrected chi connectivity index (χ1v) is 14.4. The first-order valence-electron chi connectivity index (χ1n) is 14.4. The Kier molecular flexibility index (Phi) is 19.7. The summed E-state index contributed by atoms with van der Waals surface area (Å²) in [5.74, 6) is -0.603. The number of hydrogen-bond donors (Lipinski definition) is 1. The first-order chi connectivity index (χ1) is 17.1. The molecule has 0 saturated carbocycles. The van der Waals surface area contributed by atoms with Crippen LogP contribution in [0.4, 0.5) is 0 Å². The first kappa shape index (κ1) is 31.6. The lowest BCUT2D eigenvalue weighted by Crippen LogP contribution is -2.25. The highest BCUT2D eigenvalue weighted by Gasteiger charge is 2.36. The highest BCUT2D eigenvalue weighted by molar-refractivity contribution is 5.69. The van der Waals surface area contributed by atoms with Gasteiger partial charge in [0.1, 0.15) is 19.3 Å². The van der Waals surface area contributed by atoms with Gasteiger partial charge in [-0.3, -0.25) is 9.59 Å². The Bertz CT molecular complexity index is 561. The van der Waals surface area contributed by atoms with Gasteiger partial charge in [0, 0.05) is 12.8 Å². The fraction of sp³-hybridized carbons (Fsp3) is 0.862. The van der Waals surface area contributed by atoms with Gasteiger partial charge in [-0.1, -0.05) is 90.2 Å². The average molecular weight is 497 g/mol. The standard InChI is InChI=1S/C29H52O6/c1-3-5-7-9-12-15-19-26-27(35-26)20-16-13-10-14-18-22-29(32)34-24-25(30)23-33-28(31)21-17-11-8-6-4-2/h12,15,25-27,30H,3-11,13-14,16-24H2,1-2H3/b15-12-/t25-,26?,27?/m1/s1. The van der Waals surface area contributed by atoms with Crippen LogP contribution in [0.5, 0.6) is 0 Å². The molecular formula is C29H52O6. The SMILES string of the molecule is CCCCC/C=C\CC1OC1CCCCCCCC(=O)OC[C@H](O)COC(=O)CCCCCCC. The van der Waals surface area contributed by atoms with Gasteiger partial charge < -0.3 is 19.3 Å². The van der Waals surface area contributed by atoms with Crippen LogP contribution in [0, 0.1) is 0 Å². The molecule has 6 nitrogen and oxygen atoms in total. The Morgan fingerprint density at radius 3 is 1.91 bits per heavy atom.